The number of thiazole rings is 1. The van der Waals surface area contributed by atoms with Crippen LogP contribution in [0.2, 0.25) is 0 Å². The summed E-state index contributed by atoms with van der Waals surface area (Å²) in [6.07, 6.45) is 4.54. The summed E-state index contributed by atoms with van der Waals surface area (Å²) in [5.41, 5.74) is 0.755. The van der Waals surface area contributed by atoms with Crippen molar-refractivity contribution in [1.82, 2.24) is 15.6 Å². The largest absolute Gasteiger partial charge is 0.460 e. The Balaban J connectivity index is 2.11. The van der Waals surface area contributed by atoms with Gasteiger partial charge in [-0.15, -0.1) is 11.3 Å². The molecule has 154 valence electrons. The minimum absolute atomic E-state index is 0.104. The molecule has 1 rings (SSSR count). The number of hydrogen-bond acceptors (Lipinski definition) is 5. The summed E-state index contributed by atoms with van der Waals surface area (Å²) in [5.74, 6) is 1.15. The van der Waals surface area contributed by atoms with Crippen LogP contribution in [-0.2, 0) is 16.1 Å². The monoisotopic (exact) mass is 396 g/mol. The second-order valence-corrected chi connectivity index (χ2v) is 8.87. The van der Waals surface area contributed by atoms with Crippen LogP contribution in [0.25, 0.3) is 0 Å². The van der Waals surface area contributed by atoms with Gasteiger partial charge in [0, 0.05) is 25.4 Å². The molecule has 1 aromatic rings. The first-order valence-electron chi connectivity index (χ1n) is 9.82. The van der Waals surface area contributed by atoms with Crippen molar-refractivity contribution in [2.45, 2.75) is 84.8 Å². The van der Waals surface area contributed by atoms with Gasteiger partial charge >= 0.3 is 5.97 Å². The van der Waals surface area contributed by atoms with Crippen LogP contribution >= 0.6 is 11.3 Å². The predicted octanol–water partition coefficient (Wildman–Crippen LogP) is 4.22. The molecule has 0 aliphatic rings. The van der Waals surface area contributed by atoms with Crippen molar-refractivity contribution >= 4 is 23.3 Å². The van der Waals surface area contributed by atoms with Gasteiger partial charge < -0.3 is 15.4 Å². The van der Waals surface area contributed by atoms with Crippen LogP contribution in [0.15, 0.2) is 10.4 Å². The Hall–Kier alpha value is -1.63. The molecule has 0 fully saturated rings. The zero-order valence-electron chi connectivity index (χ0n) is 17.7. The number of unbranched alkanes of at least 4 members (excludes halogenated alkanes) is 3. The van der Waals surface area contributed by atoms with Crippen LogP contribution in [-0.4, -0.2) is 36.1 Å². The molecule has 0 aliphatic heterocycles. The molecule has 0 saturated heterocycles. The first kappa shape index (κ1) is 23.4. The molecule has 1 heterocycles. The predicted molar refractivity (Wildman–Crippen MR) is 113 cm³/mol. The lowest BCUT2D eigenvalue weighted by Gasteiger charge is -2.19. The SMILES string of the molecule is CN=C(NCCCCCCC(=O)OC(C)(C)C)NCc1nc(C(C)C)cs1. The van der Waals surface area contributed by atoms with Crippen molar-refractivity contribution in [2.75, 3.05) is 13.6 Å². The molecular weight excluding hydrogens is 360 g/mol. The molecule has 0 amide bonds. The van der Waals surface area contributed by atoms with Gasteiger partial charge in [0.1, 0.15) is 10.6 Å². The third-order valence-corrected chi connectivity index (χ3v) is 4.68. The second kappa shape index (κ2) is 12.0. The van der Waals surface area contributed by atoms with Gasteiger partial charge in [-0.3, -0.25) is 9.79 Å². The molecule has 2 N–H and O–H groups in total. The molecule has 0 aromatic carbocycles. The number of carbonyl (C=O) groups is 1. The minimum Gasteiger partial charge on any atom is -0.460 e. The molecule has 7 heteroatoms. The van der Waals surface area contributed by atoms with Crippen LogP contribution in [0.4, 0.5) is 0 Å². The lowest BCUT2D eigenvalue weighted by atomic mass is 10.1. The third kappa shape index (κ3) is 11.0. The lowest BCUT2D eigenvalue weighted by molar-refractivity contribution is -0.154. The van der Waals surface area contributed by atoms with E-state index in [0.29, 0.717) is 18.9 Å². The van der Waals surface area contributed by atoms with Crippen LogP contribution in [0.3, 0.4) is 0 Å². The van der Waals surface area contributed by atoms with E-state index in [4.69, 9.17) is 4.74 Å². The average Bonchev–Trinajstić information content (AvgIpc) is 3.04. The number of hydrogen-bond donors (Lipinski definition) is 2. The van der Waals surface area contributed by atoms with E-state index in [0.717, 1.165) is 48.9 Å². The smallest absolute Gasteiger partial charge is 0.306 e. The Bertz CT molecular complexity index is 591. The fourth-order valence-corrected chi connectivity index (χ4v) is 3.29. The van der Waals surface area contributed by atoms with Gasteiger partial charge in [-0.2, -0.15) is 0 Å². The van der Waals surface area contributed by atoms with E-state index in [-0.39, 0.29) is 5.97 Å². The van der Waals surface area contributed by atoms with Crippen molar-refractivity contribution in [3.05, 3.63) is 16.1 Å². The van der Waals surface area contributed by atoms with Crippen LogP contribution in [0, 0.1) is 0 Å². The summed E-state index contributed by atoms with van der Waals surface area (Å²) in [6, 6.07) is 0. The molecule has 6 nitrogen and oxygen atoms in total. The maximum Gasteiger partial charge on any atom is 0.306 e. The Morgan fingerprint density at radius 2 is 1.93 bits per heavy atom. The number of carbonyl (C=O) groups excluding carboxylic acids is 1. The summed E-state index contributed by atoms with van der Waals surface area (Å²) in [6.45, 7) is 11.5. The topological polar surface area (TPSA) is 75.6 Å². The summed E-state index contributed by atoms with van der Waals surface area (Å²) in [4.78, 5) is 20.5. The molecule has 0 aliphatic carbocycles. The van der Waals surface area contributed by atoms with Crippen molar-refractivity contribution in [2.24, 2.45) is 4.99 Å². The fourth-order valence-electron chi connectivity index (χ4n) is 2.40. The van der Waals surface area contributed by atoms with E-state index < -0.39 is 5.60 Å². The normalized spacial score (nSPS) is 12.3. The summed E-state index contributed by atoms with van der Waals surface area (Å²) >= 11 is 1.68. The van der Waals surface area contributed by atoms with E-state index in [1.807, 2.05) is 20.8 Å². The maximum atomic E-state index is 11.6. The number of esters is 1. The molecule has 0 radical (unpaired) electrons. The van der Waals surface area contributed by atoms with E-state index >= 15 is 0 Å². The molecule has 0 bridgehead atoms. The Kier molecular flexibility index (Phi) is 10.4. The first-order valence-corrected chi connectivity index (χ1v) is 10.7. The van der Waals surface area contributed by atoms with Gasteiger partial charge in [-0.25, -0.2) is 4.98 Å². The third-order valence-electron chi connectivity index (χ3n) is 3.81. The zero-order chi connectivity index (χ0) is 20.3. The van der Waals surface area contributed by atoms with Gasteiger partial charge in [0.2, 0.25) is 0 Å². The highest BCUT2D eigenvalue weighted by molar-refractivity contribution is 7.09. The highest BCUT2D eigenvalue weighted by atomic mass is 32.1. The summed E-state index contributed by atoms with van der Waals surface area (Å²) in [7, 11) is 1.78. The number of ether oxygens (including phenoxy) is 1. The van der Waals surface area contributed by atoms with E-state index in [1.54, 1.807) is 18.4 Å². The average molecular weight is 397 g/mol. The minimum atomic E-state index is -0.390. The fraction of sp³-hybridized carbons (Fsp3) is 0.750. The molecule has 27 heavy (non-hydrogen) atoms. The quantitative estimate of drug-likeness (QED) is 0.268. The molecular formula is C20H36N4O2S. The van der Waals surface area contributed by atoms with E-state index in [1.165, 1.54) is 0 Å². The number of aromatic nitrogens is 1. The Morgan fingerprint density at radius 1 is 1.22 bits per heavy atom. The lowest BCUT2D eigenvalue weighted by Crippen LogP contribution is -2.37. The number of rotatable bonds is 10. The zero-order valence-corrected chi connectivity index (χ0v) is 18.5. The highest BCUT2D eigenvalue weighted by Gasteiger charge is 2.15. The molecule has 0 spiro atoms. The van der Waals surface area contributed by atoms with Gasteiger partial charge in [0.25, 0.3) is 0 Å². The van der Waals surface area contributed by atoms with Crippen LogP contribution in [0.5, 0.6) is 0 Å². The second-order valence-electron chi connectivity index (χ2n) is 7.92. The number of nitrogens with one attached hydrogen (secondary N) is 2. The van der Waals surface area contributed by atoms with Crippen LogP contribution < -0.4 is 10.6 Å². The van der Waals surface area contributed by atoms with E-state index in [2.05, 4.69) is 39.8 Å². The molecule has 1 aromatic heterocycles. The molecule has 0 saturated carbocycles. The van der Waals surface area contributed by atoms with Gasteiger partial charge in [0.05, 0.1) is 12.2 Å². The van der Waals surface area contributed by atoms with Crippen molar-refractivity contribution < 1.29 is 9.53 Å². The summed E-state index contributed by atoms with van der Waals surface area (Å²) < 4.78 is 5.31. The van der Waals surface area contributed by atoms with E-state index in [9.17, 15) is 4.79 Å². The Labute approximate surface area is 168 Å². The number of guanidine groups is 1. The van der Waals surface area contributed by atoms with Crippen LogP contribution in [0.1, 0.15) is 83.3 Å². The first-order chi connectivity index (χ1) is 12.7. The number of aliphatic imine (C=N–C) groups is 1. The van der Waals surface area contributed by atoms with Crippen molar-refractivity contribution in [3.63, 3.8) is 0 Å². The molecule has 0 unspecified atom stereocenters. The molecule has 0 atom stereocenters. The Morgan fingerprint density at radius 3 is 2.52 bits per heavy atom. The summed E-state index contributed by atoms with van der Waals surface area (Å²) in [5, 5.41) is 9.82. The van der Waals surface area contributed by atoms with Gasteiger partial charge in [0.15, 0.2) is 5.96 Å². The maximum absolute atomic E-state index is 11.6. The number of nitrogens with zero attached hydrogens (tertiary/aromatic N) is 2. The van der Waals surface area contributed by atoms with Crippen molar-refractivity contribution in [3.8, 4) is 0 Å². The standard InChI is InChI=1S/C20H36N4O2S/c1-15(2)16-14-27-17(24-16)13-23-19(21-6)22-12-10-8-7-9-11-18(25)26-20(3,4)5/h14-15H,7-13H2,1-6H3,(H2,21,22,23). The van der Waals surface area contributed by atoms with Gasteiger partial charge in [-0.05, 0) is 39.5 Å². The van der Waals surface area contributed by atoms with Crippen molar-refractivity contribution in [1.29, 1.82) is 0 Å². The van der Waals surface area contributed by atoms with Gasteiger partial charge in [-0.1, -0.05) is 26.7 Å². The highest BCUT2D eigenvalue weighted by Crippen LogP contribution is 2.17.